The zero-order valence-corrected chi connectivity index (χ0v) is 11.2. The fourth-order valence-corrected chi connectivity index (χ4v) is 5.06. The second-order valence-corrected chi connectivity index (χ2v) is 8.01. The van der Waals surface area contributed by atoms with E-state index in [4.69, 9.17) is 0 Å². The number of piperazine rings is 1. The van der Waals surface area contributed by atoms with Crippen molar-refractivity contribution in [2.75, 3.05) is 37.7 Å². The Hall–Kier alpha value is -0.130. The molecule has 0 aromatic carbocycles. The second-order valence-electron chi connectivity index (χ2n) is 5.71. The molecule has 3 heterocycles. The molecule has 1 atom stereocenters. The second kappa shape index (κ2) is 4.52. The van der Waals surface area contributed by atoms with Gasteiger partial charge in [-0.3, -0.25) is 9.80 Å². The van der Waals surface area contributed by atoms with Crippen LogP contribution < -0.4 is 0 Å². The van der Waals surface area contributed by atoms with Gasteiger partial charge >= 0.3 is 0 Å². The molecule has 3 fully saturated rings. The standard InChI is InChI=1S/C12H22N2O2S/c15-17(16)8-3-11(4-9-17)14-7-6-13-5-1-2-12(13)10-14/h11-12H,1-10H2. The monoisotopic (exact) mass is 258 g/mol. The molecule has 0 bridgehead atoms. The van der Waals surface area contributed by atoms with Crippen LogP contribution in [0.2, 0.25) is 0 Å². The van der Waals surface area contributed by atoms with E-state index in [-0.39, 0.29) is 0 Å². The third-order valence-electron chi connectivity index (χ3n) is 4.66. The molecular formula is C12H22N2O2S. The Kier molecular flexibility index (Phi) is 3.17. The summed E-state index contributed by atoms with van der Waals surface area (Å²) in [5.41, 5.74) is 0. The van der Waals surface area contributed by atoms with Gasteiger partial charge in [-0.15, -0.1) is 0 Å². The van der Waals surface area contributed by atoms with Gasteiger partial charge in [0.05, 0.1) is 11.5 Å². The zero-order valence-electron chi connectivity index (χ0n) is 10.3. The van der Waals surface area contributed by atoms with E-state index in [0.29, 0.717) is 17.5 Å². The summed E-state index contributed by atoms with van der Waals surface area (Å²) >= 11 is 0. The van der Waals surface area contributed by atoms with Gasteiger partial charge in [0.2, 0.25) is 0 Å². The molecule has 3 rings (SSSR count). The SMILES string of the molecule is O=S1(=O)CCC(N2CCN3CCCC3C2)CC1. The molecule has 0 radical (unpaired) electrons. The summed E-state index contributed by atoms with van der Waals surface area (Å²) in [4.78, 5) is 5.16. The van der Waals surface area contributed by atoms with Gasteiger partial charge in [0.15, 0.2) is 0 Å². The summed E-state index contributed by atoms with van der Waals surface area (Å²) in [5.74, 6) is 0.811. The first-order chi connectivity index (χ1) is 8.14. The predicted molar refractivity (Wildman–Crippen MR) is 67.8 cm³/mol. The highest BCUT2D eigenvalue weighted by atomic mass is 32.2. The summed E-state index contributed by atoms with van der Waals surface area (Å²) in [6.45, 7) is 4.78. The average molecular weight is 258 g/mol. The number of nitrogens with zero attached hydrogens (tertiary/aromatic N) is 2. The minimum atomic E-state index is -2.71. The first-order valence-corrected chi connectivity index (χ1v) is 8.65. The van der Waals surface area contributed by atoms with E-state index in [2.05, 4.69) is 9.80 Å². The van der Waals surface area contributed by atoms with Crippen molar-refractivity contribution in [1.82, 2.24) is 9.80 Å². The van der Waals surface area contributed by atoms with Crippen LogP contribution in [0.4, 0.5) is 0 Å². The highest BCUT2D eigenvalue weighted by Gasteiger charge is 2.35. The van der Waals surface area contributed by atoms with Crippen molar-refractivity contribution < 1.29 is 8.42 Å². The van der Waals surface area contributed by atoms with Gasteiger partial charge in [0.1, 0.15) is 9.84 Å². The van der Waals surface area contributed by atoms with Gasteiger partial charge < -0.3 is 0 Å². The molecule has 4 nitrogen and oxygen atoms in total. The van der Waals surface area contributed by atoms with Crippen molar-refractivity contribution in [3.63, 3.8) is 0 Å². The summed E-state index contributed by atoms with van der Waals surface area (Å²) in [6, 6.07) is 1.28. The molecule has 0 aromatic rings. The van der Waals surface area contributed by atoms with Crippen LogP contribution >= 0.6 is 0 Å². The molecule has 0 aliphatic carbocycles. The van der Waals surface area contributed by atoms with Gasteiger partial charge in [0, 0.05) is 31.7 Å². The lowest BCUT2D eigenvalue weighted by Gasteiger charge is -2.42. The first-order valence-electron chi connectivity index (χ1n) is 6.82. The maximum atomic E-state index is 11.4. The molecule has 3 saturated heterocycles. The van der Waals surface area contributed by atoms with Crippen LogP contribution in [0.3, 0.4) is 0 Å². The smallest absolute Gasteiger partial charge is 0.150 e. The molecule has 0 spiro atoms. The van der Waals surface area contributed by atoms with Crippen molar-refractivity contribution in [1.29, 1.82) is 0 Å². The topological polar surface area (TPSA) is 40.6 Å². The van der Waals surface area contributed by atoms with Crippen LogP contribution in [0.1, 0.15) is 25.7 Å². The Balaban J connectivity index is 1.59. The van der Waals surface area contributed by atoms with Crippen molar-refractivity contribution in [2.24, 2.45) is 0 Å². The van der Waals surface area contributed by atoms with E-state index < -0.39 is 9.84 Å². The summed E-state index contributed by atoms with van der Waals surface area (Å²) in [5, 5.41) is 0. The Labute approximate surface area is 104 Å². The number of sulfone groups is 1. The van der Waals surface area contributed by atoms with Crippen LogP contribution in [0.5, 0.6) is 0 Å². The van der Waals surface area contributed by atoms with Crippen molar-refractivity contribution in [2.45, 2.75) is 37.8 Å². The van der Waals surface area contributed by atoms with Crippen molar-refractivity contribution >= 4 is 9.84 Å². The molecule has 0 aromatic heterocycles. The minimum absolute atomic E-state index is 0.405. The van der Waals surface area contributed by atoms with E-state index in [1.165, 1.54) is 32.5 Å². The van der Waals surface area contributed by atoms with Gasteiger partial charge in [-0.05, 0) is 32.2 Å². The maximum Gasteiger partial charge on any atom is 0.150 e. The maximum absolute atomic E-state index is 11.4. The fourth-order valence-electron chi connectivity index (χ4n) is 3.59. The summed E-state index contributed by atoms with van der Waals surface area (Å²) < 4.78 is 22.9. The lowest BCUT2D eigenvalue weighted by Crippen LogP contribution is -2.54. The molecule has 3 aliphatic rings. The molecule has 5 heteroatoms. The molecule has 0 N–H and O–H groups in total. The average Bonchev–Trinajstić information content (AvgIpc) is 2.76. The Bertz CT molecular complexity index is 368. The normalized spacial score (nSPS) is 35.9. The zero-order chi connectivity index (χ0) is 11.9. The van der Waals surface area contributed by atoms with Crippen molar-refractivity contribution in [3.05, 3.63) is 0 Å². The Morgan fingerprint density at radius 1 is 0.824 bits per heavy atom. The van der Waals surface area contributed by atoms with Crippen molar-refractivity contribution in [3.8, 4) is 0 Å². The van der Waals surface area contributed by atoms with Crippen LogP contribution in [-0.4, -0.2) is 68.0 Å². The van der Waals surface area contributed by atoms with Gasteiger partial charge in [0.25, 0.3) is 0 Å². The molecule has 17 heavy (non-hydrogen) atoms. The highest BCUT2D eigenvalue weighted by molar-refractivity contribution is 7.91. The van der Waals surface area contributed by atoms with Gasteiger partial charge in [-0.25, -0.2) is 8.42 Å². The van der Waals surface area contributed by atoms with E-state index >= 15 is 0 Å². The van der Waals surface area contributed by atoms with E-state index in [9.17, 15) is 8.42 Å². The molecule has 1 unspecified atom stereocenters. The number of rotatable bonds is 1. The number of fused-ring (bicyclic) bond motifs is 1. The van der Waals surface area contributed by atoms with E-state index in [1.807, 2.05) is 0 Å². The van der Waals surface area contributed by atoms with Crippen LogP contribution in [-0.2, 0) is 9.84 Å². The predicted octanol–water partition coefficient (Wildman–Crippen LogP) is 0.344. The molecule has 3 aliphatic heterocycles. The Morgan fingerprint density at radius 3 is 2.29 bits per heavy atom. The van der Waals surface area contributed by atoms with Gasteiger partial charge in [-0.2, -0.15) is 0 Å². The highest BCUT2D eigenvalue weighted by Crippen LogP contribution is 2.26. The van der Waals surface area contributed by atoms with E-state index in [0.717, 1.165) is 25.4 Å². The quantitative estimate of drug-likeness (QED) is 0.680. The molecular weight excluding hydrogens is 236 g/mol. The van der Waals surface area contributed by atoms with Crippen LogP contribution in [0.25, 0.3) is 0 Å². The molecule has 0 amide bonds. The fraction of sp³-hybridized carbons (Fsp3) is 1.00. The summed E-state index contributed by atoms with van der Waals surface area (Å²) in [7, 11) is -2.71. The molecule has 0 saturated carbocycles. The first kappa shape index (κ1) is 11.9. The third-order valence-corrected chi connectivity index (χ3v) is 6.37. The lowest BCUT2D eigenvalue weighted by atomic mass is 10.1. The van der Waals surface area contributed by atoms with Crippen LogP contribution in [0, 0.1) is 0 Å². The Morgan fingerprint density at radius 2 is 1.53 bits per heavy atom. The third kappa shape index (κ3) is 2.51. The summed E-state index contributed by atoms with van der Waals surface area (Å²) in [6.07, 6.45) is 4.39. The minimum Gasteiger partial charge on any atom is -0.298 e. The van der Waals surface area contributed by atoms with Gasteiger partial charge in [-0.1, -0.05) is 0 Å². The largest absolute Gasteiger partial charge is 0.298 e. The molecule has 98 valence electrons. The van der Waals surface area contributed by atoms with Crippen LogP contribution in [0.15, 0.2) is 0 Å². The lowest BCUT2D eigenvalue weighted by molar-refractivity contribution is 0.0677. The van der Waals surface area contributed by atoms with E-state index in [1.54, 1.807) is 0 Å². The number of hydrogen-bond donors (Lipinski definition) is 0. The number of hydrogen-bond acceptors (Lipinski definition) is 4.